The third-order valence-corrected chi connectivity index (χ3v) is 5.45. The topological polar surface area (TPSA) is 84.5 Å². The molecule has 0 atom stereocenters. The lowest BCUT2D eigenvalue weighted by Gasteiger charge is -2.13. The molecule has 0 aliphatic heterocycles. The summed E-state index contributed by atoms with van der Waals surface area (Å²) in [4.78, 5) is 12.5. The fraction of sp³-hybridized carbons (Fsp3) is 0.235. The van der Waals surface area contributed by atoms with E-state index in [0.29, 0.717) is 23.7 Å². The van der Waals surface area contributed by atoms with Gasteiger partial charge in [0.2, 0.25) is 10.0 Å². The summed E-state index contributed by atoms with van der Waals surface area (Å²) in [6.07, 6.45) is 0.661. The lowest BCUT2D eigenvalue weighted by atomic mass is 10.2. The van der Waals surface area contributed by atoms with Crippen LogP contribution < -0.4 is 14.8 Å². The van der Waals surface area contributed by atoms with E-state index in [2.05, 4.69) is 10.0 Å². The molecule has 0 heterocycles. The average molecular weight is 417 g/mol. The molecule has 0 saturated heterocycles. The monoisotopic (exact) mass is 416 g/mol. The van der Waals surface area contributed by atoms with Crippen LogP contribution >= 0.6 is 23.2 Å². The largest absolute Gasteiger partial charge is 0.495 e. The lowest BCUT2D eigenvalue weighted by Crippen LogP contribution is -2.24. The molecule has 0 unspecified atom stereocenters. The number of methoxy groups -OCH3 is 1. The van der Waals surface area contributed by atoms with E-state index >= 15 is 0 Å². The molecule has 9 heteroatoms. The van der Waals surface area contributed by atoms with Crippen LogP contribution in [-0.2, 0) is 10.0 Å². The van der Waals surface area contributed by atoms with Crippen molar-refractivity contribution < 1.29 is 17.9 Å². The van der Waals surface area contributed by atoms with Crippen LogP contribution in [0.2, 0.25) is 10.0 Å². The molecule has 0 fully saturated rings. The van der Waals surface area contributed by atoms with E-state index in [1.165, 1.54) is 43.5 Å². The van der Waals surface area contributed by atoms with Crippen molar-refractivity contribution >= 4 is 44.8 Å². The van der Waals surface area contributed by atoms with Crippen LogP contribution in [0.4, 0.5) is 5.69 Å². The van der Waals surface area contributed by atoms with Gasteiger partial charge < -0.3 is 10.1 Å². The normalized spacial score (nSPS) is 11.2. The lowest BCUT2D eigenvalue weighted by molar-refractivity contribution is 0.102. The smallest absolute Gasteiger partial charge is 0.257 e. The highest BCUT2D eigenvalue weighted by atomic mass is 35.5. The predicted molar refractivity (Wildman–Crippen MR) is 103 cm³/mol. The Bertz CT molecular complexity index is 917. The van der Waals surface area contributed by atoms with E-state index in [9.17, 15) is 13.2 Å². The van der Waals surface area contributed by atoms with Crippen molar-refractivity contribution in [1.29, 1.82) is 0 Å². The number of benzene rings is 2. The van der Waals surface area contributed by atoms with Gasteiger partial charge in [0.05, 0.1) is 28.3 Å². The van der Waals surface area contributed by atoms with E-state index in [1.54, 1.807) is 0 Å². The Kier molecular flexibility index (Phi) is 6.88. The number of ether oxygens (including phenoxy) is 1. The van der Waals surface area contributed by atoms with Gasteiger partial charge >= 0.3 is 0 Å². The van der Waals surface area contributed by atoms with Gasteiger partial charge in [-0.15, -0.1) is 0 Å². The first kappa shape index (κ1) is 20.5. The summed E-state index contributed by atoms with van der Waals surface area (Å²) >= 11 is 11.9. The fourth-order valence-corrected chi connectivity index (χ4v) is 3.79. The molecule has 0 aromatic heterocycles. The molecule has 0 aliphatic carbocycles. The Balaban J connectivity index is 2.35. The van der Waals surface area contributed by atoms with Crippen molar-refractivity contribution in [3.63, 3.8) is 0 Å². The minimum Gasteiger partial charge on any atom is -0.495 e. The maximum absolute atomic E-state index is 12.5. The number of sulfonamides is 1. The Morgan fingerprint density at radius 3 is 2.50 bits per heavy atom. The summed E-state index contributed by atoms with van der Waals surface area (Å²) in [6.45, 7) is 2.18. The SMILES string of the molecule is CCCNS(=O)(=O)c1ccc(OC)c(NC(=O)c2ccc(Cl)cc2Cl)c1. The Hall–Kier alpha value is -1.80. The molecule has 0 aliphatic rings. The zero-order chi connectivity index (χ0) is 19.3. The second-order valence-electron chi connectivity index (χ2n) is 5.34. The second-order valence-corrected chi connectivity index (χ2v) is 7.95. The molecule has 2 rings (SSSR count). The van der Waals surface area contributed by atoms with Gasteiger partial charge in [0.15, 0.2) is 0 Å². The standard InChI is InChI=1S/C17H18Cl2N2O4S/c1-3-8-20-26(23,24)12-5-7-16(25-2)15(10-12)21-17(22)13-6-4-11(18)9-14(13)19/h4-7,9-10,20H,3,8H2,1-2H3,(H,21,22). The minimum atomic E-state index is -3.68. The summed E-state index contributed by atoms with van der Waals surface area (Å²) in [5, 5.41) is 3.21. The molecule has 0 saturated carbocycles. The highest BCUT2D eigenvalue weighted by molar-refractivity contribution is 7.89. The second kappa shape index (κ2) is 8.73. The molecule has 140 valence electrons. The molecular formula is C17H18Cl2N2O4S. The molecule has 2 aromatic rings. The number of rotatable bonds is 7. The van der Waals surface area contributed by atoms with Gasteiger partial charge in [0.1, 0.15) is 5.75 Å². The number of carbonyl (C=O) groups is 1. The van der Waals surface area contributed by atoms with Gasteiger partial charge in [-0.3, -0.25) is 4.79 Å². The molecule has 0 bridgehead atoms. The van der Waals surface area contributed by atoms with Crippen molar-refractivity contribution in [1.82, 2.24) is 4.72 Å². The summed E-state index contributed by atoms with van der Waals surface area (Å²) in [5.41, 5.74) is 0.415. The first-order valence-electron chi connectivity index (χ1n) is 7.72. The van der Waals surface area contributed by atoms with E-state index in [4.69, 9.17) is 27.9 Å². The summed E-state index contributed by atoms with van der Waals surface area (Å²) in [5.74, 6) is -0.195. The van der Waals surface area contributed by atoms with Crippen LogP contribution in [0.5, 0.6) is 5.75 Å². The number of hydrogen-bond donors (Lipinski definition) is 2. The van der Waals surface area contributed by atoms with Crippen molar-refractivity contribution in [2.45, 2.75) is 18.2 Å². The first-order valence-corrected chi connectivity index (χ1v) is 9.96. The van der Waals surface area contributed by atoms with Gasteiger partial charge in [0, 0.05) is 11.6 Å². The highest BCUT2D eigenvalue weighted by Gasteiger charge is 2.18. The van der Waals surface area contributed by atoms with Gasteiger partial charge in [-0.2, -0.15) is 0 Å². The minimum absolute atomic E-state index is 0.0178. The van der Waals surface area contributed by atoms with Crippen LogP contribution in [0.15, 0.2) is 41.3 Å². The Labute approximate surface area is 162 Å². The average Bonchev–Trinajstić information content (AvgIpc) is 2.59. The molecule has 26 heavy (non-hydrogen) atoms. The van der Waals surface area contributed by atoms with E-state index < -0.39 is 15.9 Å². The van der Waals surface area contributed by atoms with Crippen molar-refractivity contribution in [3.8, 4) is 5.75 Å². The Morgan fingerprint density at radius 1 is 1.15 bits per heavy atom. The number of halogens is 2. The number of carbonyl (C=O) groups excluding carboxylic acids is 1. The van der Waals surface area contributed by atoms with Crippen LogP contribution in [0, 0.1) is 0 Å². The van der Waals surface area contributed by atoms with Crippen LogP contribution in [-0.4, -0.2) is 28.0 Å². The predicted octanol–water partition coefficient (Wildman–Crippen LogP) is 3.94. The Morgan fingerprint density at radius 2 is 1.88 bits per heavy atom. The van der Waals surface area contributed by atoms with Crippen molar-refractivity contribution in [2.75, 3.05) is 19.0 Å². The number of anilines is 1. The molecule has 1 amide bonds. The van der Waals surface area contributed by atoms with Gasteiger partial charge in [-0.1, -0.05) is 30.1 Å². The number of hydrogen-bond acceptors (Lipinski definition) is 4. The van der Waals surface area contributed by atoms with Crippen molar-refractivity contribution in [2.24, 2.45) is 0 Å². The third kappa shape index (κ3) is 4.88. The molecular weight excluding hydrogens is 399 g/mol. The molecule has 6 nitrogen and oxygen atoms in total. The summed E-state index contributed by atoms with van der Waals surface area (Å²) < 4.78 is 32.2. The van der Waals surface area contributed by atoms with Gasteiger partial charge in [-0.05, 0) is 42.8 Å². The zero-order valence-corrected chi connectivity index (χ0v) is 16.5. The van der Waals surface area contributed by atoms with E-state index in [-0.39, 0.29) is 21.2 Å². The maximum Gasteiger partial charge on any atom is 0.257 e. The summed E-state index contributed by atoms with van der Waals surface area (Å²) in [7, 11) is -2.26. The third-order valence-electron chi connectivity index (χ3n) is 3.45. The molecule has 0 spiro atoms. The number of amides is 1. The van der Waals surface area contributed by atoms with Crippen LogP contribution in [0.1, 0.15) is 23.7 Å². The molecule has 0 radical (unpaired) electrons. The quantitative estimate of drug-likeness (QED) is 0.715. The van der Waals surface area contributed by atoms with Crippen LogP contribution in [0.25, 0.3) is 0 Å². The first-order chi connectivity index (χ1) is 12.3. The van der Waals surface area contributed by atoms with E-state index in [0.717, 1.165) is 0 Å². The number of nitrogens with one attached hydrogen (secondary N) is 2. The van der Waals surface area contributed by atoms with Crippen molar-refractivity contribution in [3.05, 3.63) is 52.0 Å². The zero-order valence-electron chi connectivity index (χ0n) is 14.2. The van der Waals surface area contributed by atoms with Gasteiger partial charge in [0.25, 0.3) is 5.91 Å². The fourth-order valence-electron chi connectivity index (χ4n) is 2.13. The highest BCUT2D eigenvalue weighted by Crippen LogP contribution is 2.29. The molecule has 2 N–H and O–H groups in total. The summed E-state index contributed by atoms with van der Waals surface area (Å²) in [6, 6.07) is 8.68. The maximum atomic E-state index is 12.5. The molecule has 2 aromatic carbocycles. The van der Waals surface area contributed by atoms with Gasteiger partial charge in [-0.25, -0.2) is 13.1 Å². The van der Waals surface area contributed by atoms with Crippen LogP contribution in [0.3, 0.4) is 0 Å². The van der Waals surface area contributed by atoms with E-state index in [1.807, 2.05) is 6.92 Å².